The van der Waals surface area contributed by atoms with E-state index in [-0.39, 0.29) is 0 Å². The van der Waals surface area contributed by atoms with Crippen molar-refractivity contribution in [3.63, 3.8) is 0 Å². The van der Waals surface area contributed by atoms with Crippen LogP contribution in [0.1, 0.15) is 108 Å². The zero-order valence-electron chi connectivity index (χ0n) is 18.0. The standard InChI is InChI=1S/C24H40O3/c1-5-9-13-14-19-18-23(27-24(25)26)22(17-12-8-4)21(16-11-7-3)20(19)15-10-6-2/h18H,5-17H2,1-4H3,(H,25,26). The molecule has 0 saturated heterocycles. The summed E-state index contributed by atoms with van der Waals surface area (Å²) < 4.78 is 5.29. The first-order valence-corrected chi connectivity index (χ1v) is 11.2. The molecule has 0 atom stereocenters. The van der Waals surface area contributed by atoms with Crippen molar-refractivity contribution < 1.29 is 14.6 Å². The van der Waals surface area contributed by atoms with Crippen LogP contribution in [0.4, 0.5) is 4.79 Å². The van der Waals surface area contributed by atoms with Gasteiger partial charge in [0.2, 0.25) is 0 Å². The van der Waals surface area contributed by atoms with E-state index in [2.05, 4.69) is 33.8 Å². The molecule has 0 aromatic heterocycles. The van der Waals surface area contributed by atoms with Gasteiger partial charge in [-0.1, -0.05) is 59.8 Å². The molecule has 0 aliphatic carbocycles. The lowest BCUT2D eigenvalue weighted by Crippen LogP contribution is -2.12. The van der Waals surface area contributed by atoms with Crippen LogP contribution >= 0.6 is 0 Å². The van der Waals surface area contributed by atoms with Crippen LogP contribution in [-0.2, 0) is 25.7 Å². The Labute approximate surface area is 166 Å². The van der Waals surface area contributed by atoms with E-state index in [0.29, 0.717) is 5.75 Å². The van der Waals surface area contributed by atoms with Gasteiger partial charge in [0.1, 0.15) is 5.75 Å². The smallest absolute Gasteiger partial charge is 0.449 e. The van der Waals surface area contributed by atoms with E-state index < -0.39 is 6.16 Å². The summed E-state index contributed by atoms with van der Waals surface area (Å²) >= 11 is 0. The Kier molecular flexibility index (Phi) is 11.9. The van der Waals surface area contributed by atoms with Gasteiger partial charge in [0.15, 0.2) is 0 Å². The quantitative estimate of drug-likeness (QED) is 0.208. The van der Waals surface area contributed by atoms with Gasteiger partial charge in [0.25, 0.3) is 0 Å². The molecule has 154 valence electrons. The predicted molar refractivity (Wildman–Crippen MR) is 114 cm³/mol. The molecule has 27 heavy (non-hydrogen) atoms. The van der Waals surface area contributed by atoms with Gasteiger partial charge in [-0.25, -0.2) is 4.79 Å². The third-order valence-electron chi connectivity index (χ3n) is 5.31. The number of hydrogen-bond donors (Lipinski definition) is 1. The number of unbranched alkanes of at least 4 members (excludes halogenated alkanes) is 5. The van der Waals surface area contributed by atoms with Crippen LogP contribution in [0, 0.1) is 0 Å². The molecule has 1 aromatic rings. The predicted octanol–water partition coefficient (Wildman–Crippen LogP) is 7.50. The first kappa shape index (κ1) is 23.5. The fourth-order valence-electron chi connectivity index (χ4n) is 3.78. The number of aryl methyl sites for hydroxylation is 1. The lowest BCUT2D eigenvalue weighted by molar-refractivity contribution is 0.144. The summed E-state index contributed by atoms with van der Waals surface area (Å²) in [4.78, 5) is 11.3. The summed E-state index contributed by atoms with van der Waals surface area (Å²) in [5.41, 5.74) is 5.35. The Hall–Kier alpha value is -1.51. The van der Waals surface area contributed by atoms with Crippen LogP contribution in [0.15, 0.2) is 6.07 Å². The zero-order chi connectivity index (χ0) is 20.1. The minimum atomic E-state index is -1.20. The second kappa shape index (κ2) is 13.6. The van der Waals surface area contributed by atoms with Gasteiger partial charge in [0, 0.05) is 0 Å². The van der Waals surface area contributed by atoms with Crippen molar-refractivity contribution >= 4 is 6.16 Å². The van der Waals surface area contributed by atoms with Crippen molar-refractivity contribution in [2.75, 3.05) is 0 Å². The molecular formula is C24H40O3. The van der Waals surface area contributed by atoms with Crippen LogP contribution in [0.5, 0.6) is 5.75 Å². The average Bonchev–Trinajstić information content (AvgIpc) is 2.64. The third kappa shape index (κ3) is 7.94. The molecular weight excluding hydrogens is 336 g/mol. The molecule has 1 N–H and O–H groups in total. The number of carbonyl (C=O) groups is 1. The van der Waals surface area contributed by atoms with Crippen molar-refractivity contribution in [2.45, 2.75) is 111 Å². The van der Waals surface area contributed by atoms with Crippen molar-refractivity contribution in [2.24, 2.45) is 0 Å². The highest BCUT2D eigenvalue weighted by atomic mass is 16.7. The summed E-state index contributed by atoms with van der Waals surface area (Å²) in [6.45, 7) is 8.86. The highest BCUT2D eigenvalue weighted by molar-refractivity contribution is 5.64. The summed E-state index contributed by atoms with van der Waals surface area (Å²) in [5, 5.41) is 9.28. The second-order valence-corrected chi connectivity index (χ2v) is 7.61. The molecule has 3 nitrogen and oxygen atoms in total. The third-order valence-corrected chi connectivity index (χ3v) is 5.31. The maximum absolute atomic E-state index is 11.3. The van der Waals surface area contributed by atoms with E-state index in [0.717, 1.165) is 63.4 Å². The van der Waals surface area contributed by atoms with E-state index in [4.69, 9.17) is 4.74 Å². The van der Waals surface area contributed by atoms with Crippen LogP contribution in [-0.4, -0.2) is 11.3 Å². The van der Waals surface area contributed by atoms with Gasteiger partial charge in [-0.2, -0.15) is 0 Å². The Balaban J connectivity index is 3.45. The Morgan fingerprint density at radius 3 is 1.78 bits per heavy atom. The van der Waals surface area contributed by atoms with Crippen molar-refractivity contribution in [1.29, 1.82) is 0 Å². The molecule has 0 bridgehead atoms. The lowest BCUT2D eigenvalue weighted by Gasteiger charge is -2.22. The van der Waals surface area contributed by atoms with Gasteiger partial charge in [-0.05, 0) is 79.7 Å². The fourth-order valence-corrected chi connectivity index (χ4v) is 3.78. The molecule has 1 aromatic carbocycles. The number of benzene rings is 1. The molecule has 0 heterocycles. The second-order valence-electron chi connectivity index (χ2n) is 7.61. The van der Waals surface area contributed by atoms with Gasteiger partial charge < -0.3 is 9.84 Å². The van der Waals surface area contributed by atoms with E-state index in [1.165, 1.54) is 42.4 Å². The van der Waals surface area contributed by atoms with E-state index in [9.17, 15) is 9.90 Å². The van der Waals surface area contributed by atoms with E-state index in [1.54, 1.807) is 0 Å². The minimum Gasteiger partial charge on any atom is -0.449 e. The first-order chi connectivity index (χ1) is 13.1. The Morgan fingerprint density at radius 1 is 0.741 bits per heavy atom. The SMILES string of the molecule is CCCCCc1cc(OC(=O)O)c(CCCC)c(CCCC)c1CCCC. The molecule has 1 rings (SSSR count). The summed E-state index contributed by atoms with van der Waals surface area (Å²) in [6, 6.07) is 2.05. The minimum absolute atomic E-state index is 0.591. The molecule has 0 saturated carbocycles. The van der Waals surface area contributed by atoms with Crippen LogP contribution in [0.2, 0.25) is 0 Å². The van der Waals surface area contributed by atoms with Crippen molar-refractivity contribution in [1.82, 2.24) is 0 Å². The maximum Gasteiger partial charge on any atom is 0.511 e. The number of carboxylic acid groups (broad SMARTS) is 1. The van der Waals surface area contributed by atoms with Gasteiger partial charge in [0.05, 0.1) is 0 Å². The van der Waals surface area contributed by atoms with E-state index >= 15 is 0 Å². The topological polar surface area (TPSA) is 46.5 Å². The Bertz CT molecular complexity index is 563. The zero-order valence-corrected chi connectivity index (χ0v) is 18.0. The Morgan fingerprint density at radius 2 is 1.26 bits per heavy atom. The normalized spacial score (nSPS) is 11.0. The van der Waals surface area contributed by atoms with Crippen LogP contribution in [0.3, 0.4) is 0 Å². The maximum atomic E-state index is 11.3. The lowest BCUT2D eigenvalue weighted by atomic mass is 9.85. The fraction of sp³-hybridized carbons (Fsp3) is 0.708. The summed E-state index contributed by atoms with van der Waals surface area (Å²) in [6.07, 6.45) is 13.3. The van der Waals surface area contributed by atoms with Crippen LogP contribution in [0.25, 0.3) is 0 Å². The molecule has 0 unspecified atom stereocenters. The van der Waals surface area contributed by atoms with Crippen LogP contribution < -0.4 is 4.74 Å². The largest absolute Gasteiger partial charge is 0.511 e. The monoisotopic (exact) mass is 376 g/mol. The summed E-state index contributed by atoms with van der Waals surface area (Å²) in [7, 11) is 0. The highest BCUT2D eigenvalue weighted by Crippen LogP contribution is 2.34. The van der Waals surface area contributed by atoms with Gasteiger partial charge >= 0.3 is 6.16 Å². The molecule has 0 radical (unpaired) electrons. The first-order valence-electron chi connectivity index (χ1n) is 11.2. The molecule has 0 amide bonds. The average molecular weight is 377 g/mol. The molecule has 0 fully saturated rings. The molecule has 0 spiro atoms. The molecule has 0 aliphatic heterocycles. The number of hydrogen-bond acceptors (Lipinski definition) is 2. The number of ether oxygens (including phenoxy) is 1. The molecule has 3 heteroatoms. The van der Waals surface area contributed by atoms with Gasteiger partial charge in [-0.3, -0.25) is 0 Å². The van der Waals surface area contributed by atoms with Gasteiger partial charge in [-0.15, -0.1) is 0 Å². The van der Waals surface area contributed by atoms with Crippen molar-refractivity contribution in [3.8, 4) is 5.75 Å². The number of rotatable bonds is 14. The molecule has 0 aliphatic rings. The van der Waals surface area contributed by atoms with Crippen molar-refractivity contribution in [3.05, 3.63) is 28.3 Å². The highest BCUT2D eigenvalue weighted by Gasteiger charge is 2.19. The summed E-state index contributed by atoms with van der Waals surface area (Å²) in [5.74, 6) is 0.591. The van der Waals surface area contributed by atoms with E-state index in [1.807, 2.05) is 0 Å².